The average molecular weight is 389 g/mol. The summed E-state index contributed by atoms with van der Waals surface area (Å²) in [6.45, 7) is 2.67. The number of hydrogen-bond acceptors (Lipinski definition) is 6. The van der Waals surface area contributed by atoms with Crippen LogP contribution >= 0.6 is 0 Å². The summed E-state index contributed by atoms with van der Waals surface area (Å²) in [5.41, 5.74) is 0.643. The topological polar surface area (TPSA) is 102 Å². The number of para-hydroxylation sites is 2. The molecule has 1 atom stereocenters. The molecule has 0 aromatic heterocycles. The van der Waals surface area contributed by atoms with Gasteiger partial charge >= 0.3 is 5.97 Å². The zero-order valence-electron chi connectivity index (χ0n) is 16.1. The van der Waals surface area contributed by atoms with Crippen molar-refractivity contribution in [1.82, 2.24) is 5.32 Å². The van der Waals surface area contributed by atoms with Crippen LogP contribution in [0.15, 0.2) is 24.3 Å². The zero-order chi connectivity index (χ0) is 20.1. The average Bonchev–Trinajstić information content (AvgIpc) is 3.21. The summed E-state index contributed by atoms with van der Waals surface area (Å²) in [6.07, 6.45) is 4.49. The first kappa shape index (κ1) is 20.1. The Morgan fingerprint density at radius 1 is 1.18 bits per heavy atom. The van der Waals surface area contributed by atoms with Crippen LogP contribution in [0.3, 0.4) is 0 Å². The van der Waals surface area contributed by atoms with Crippen molar-refractivity contribution < 1.29 is 19.2 Å². The molecule has 1 unspecified atom stereocenters. The molecule has 0 bridgehead atoms. The second kappa shape index (κ2) is 9.03. The van der Waals surface area contributed by atoms with Crippen molar-refractivity contribution in [3.63, 3.8) is 0 Å². The fourth-order valence-corrected chi connectivity index (χ4v) is 3.95. The number of anilines is 1. The first-order chi connectivity index (χ1) is 13.5. The van der Waals surface area contributed by atoms with Crippen molar-refractivity contribution in [2.75, 3.05) is 18.0 Å². The maximum atomic E-state index is 12.4. The molecule has 28 heavy (non-hydrogen) atoms. The van der Waals surface area contributed by atoms with E-state index in [-0.39, 0.29) is 34.4 Å². The Morgan fingerprint density at radius 3 is 2.46 bits per heavy atom. The third-order valence-corrected chi connectivity index (χ3v) is 5.61. The van der Waals surface area contributed by atoms with E-state index in [9.17, 15) is 19.7 Å². The van der Waals surface area contributed by atoms with Crippen molar-refractivity contribution in [3.05, 3.63) is 34.4 Å². The summed E-state index contributed by atoms with van der Waals surface area (Å²) < 4.78 is 5.39. The molecular weight excluding hydrogens is 362 g/mol. The third-order valence-electron chi connectivity index (χ3n) is 5.61. The molecular formula is C20H27N3O5. The molecule has 8 heteroatoms. The number of nitrogens with one attached hydrogen (secondary N) is 1. The van der Waals surface area contributed by atoms with Gasteiger partial charge in [0.25, 0.3) is 11.6 Å². The summed E-state index contributed by atoms with van der Waals surface area (Å²) in [4.78, 5) is 37.4. The van der Waals surface area contributed by atoms with Gasteiger partial charge in [0.2, 0.25) is 0 Å². The monoisotopic (exact) mass is 389 g/mol. The van der Waals surface area contributed by atoms with Gasteiger partial charge in [0.05, 0.1) is 10.8 Å². The summed E-state index contributed by atoms with van der Waals surface area (Å²) >= 11 is 0. The highest BCUT2D eigenvalue weighted by Gasteiger charge is 2.31. The number of nitro benzene ring substituents is 1. The number of piperidine rings is 1. The van der Waals surface area contributed by atoms with Gasteiger partial charge in [-0.2, -0.15) is 0 Å². The lowest BCUT2D eigenvalue weighted by Gasteiger charge is -2.32. The fourth-order valence-electron chi connectivity index (χ4n) is 3.95. The van der Waals surface area contributed by atoms with E-state index in [2.05, 4.69) is 5.32 Å². The number of rotatable bonds is 6. The lowest BCUT2D eigenvalue weighted by molar-refractivity contribution is -0.384. The van der Waals surface area contributed by atoms with E-state index in [1.54, 1.807) is 25.1 Å². The minimum Gasteiger partial charge on any atom is -0.452 e. The van der Waals surface area contributed by atoms with Crippen LogP contribution in [0.5, 0.6) is 0 Å². The highest BCUT2D eigenvalue weighted by molar-refractivity contribution is 5.84. The van der Waals surface area contributed by atoms with Crippen LogP contribution in [0.2, 0.25) is 0 Å². The van der Waals surface area contributed by atoms with Gasteiger partial charge in [-0.05, 0) is 38.7 Å². The molecule has 2 aliphatic rings. The Morgan fingerprint density at radius 2 is 1.82 bits per heavy atom. The predicted molar refractivity (Wildman–Crippen MR) is 104 cm³/mol. The number of carbonyl (C=O) groups excluding carboxylic acids is 2. The highest BCUT2D eigenvalue weighted by atomic mass is 16.6. The van der Waals surface area contributed by atoms with Gasteiger partial charge in [-0.15, -0.1) is 0 Å². The maximum Gasteiger partial charge on any atom is 0.309 e. The molecule has 8 nitrogen and oxygen atoms in total. The number of esters is 1. The molecule has 0 radical (unpaired) electrons. The third kappa shape index (κ3) is 4.79. The van der Waals surface area contributed by atoms with Crippen LogP contribution in [-0.2, 0) is 14.3 Å². The van der Waals surface area contributed by atoms with Crippen molar-refractivity contribution in [2.45, 2.75) is 57.6 Å². The summed E-state index contributed by atoms with van der Waals surface area (Å²) in [5, 5.41) is 14.2. The molecule has 1 aromatic rings. The van der Waals surface area contributed by atoms with Crippen molar-refractivity contribution >= 4 is 23.3 Å². The van der Waals surface area contributed by atoms with Crippen molar-refractivity contribution in [2.24, 2.45) is 5.92 Å². The second-order valence-corrected chi connectivity index (χ2v) is 7.58. The molecule has 3 rings (SSSR count). The smallest absolute Gasteiger partial charge is 0.309 e. The molecule has 1 N–H and O–H groups in total. The van der Waals surface area contributed by atoms with Crippen LogP contribution in [0, 0.1) is 16.0 Å². The van der Waals surface area contributed by atoms with Gasteiger partial charge in [0.15, 0.2) is 6.10 Å². The highest BCUT2D eigenvalue weighted by Crippen LogP contribution is 2.31. The minimum absolute atomic E-state index is 0.0701. The number of ether oxygens (including phenoxy) is 1. The Hall–Kier alpha value is -2.64. The van der Waals surface area contributed by atoms with Crippen LogP contribution < -0.4 is 10.2 Å². The molecule has 2 fully saturated rings. The summed E-state index contributed by atoms with van der Waals surface area (Å²) in [6, 6.07) is 6.82. The number of nitrogens with zero attached hydrogens (tertiary/aromatic N) is 2. The quantitative estimate of drug-likeness (QED) is 0.456. The lowest BCUT2D eigenvalue weighted by Crippen LogP contribution is -2.43. The Kier molecular flexibility index (Phi) is 6.49. The van der Waals surface area contributed by atoms with Gasteiger partial charge < -0.3 is 15.0 Å². The van der Waals surface area contributed by atoms with Gasteiger partial charge in [0.1, 0.15) is 5.69 Å². The predicted octanol–water partition coefficient (Wildman–Crippen LogP) is 2.80. The van der Waals surface area contributed by atoms with Gasteiger partial charge in [-0.3, -0.25) is 19.7 Å². The standard InChI is InChI=1S/C20H27N3O5/c1-14(19(24)21-16-6-2-3-7-16)28-20(25)15-10-12-22(13-11-15)17-8-4-5-9-18(17)23(26)27/h4-5,8-9,14-16H,2-3,6-7,10-13H2,1H3,(H,21,24). The Labute approximate surface area is 164 Å². The number of amides is 1. The number of carbonyl (C=O) groups is 2. The van der Waals surface area contributed by atoms with Gasteiger partial charge in [-0.25, -0.2) is 0 Å². The molecule has 152 valence electrons. The van der Waals surface area contributed by atoms with E-state index in [4.69, 9.17) is 4.74 Å². The molecule has 1 aliphatic heterocycles. The molecule has 1 saturated heterocycles. The van der Waals surface area contributed by atoms with E-state index in [0.29, 0.717) is 31.6 Å². The van der Waals surface area contributed by atoms with Gasteiger partial charge in [-0.1, -0.05) is 25.0 Å². The first-order valence-corrected chi connectivity index (χ1v) is 9.95. The van der Waals surface area contributed by atoms with E-state index >= 15 is 0 Å². The SMILES string of the molecule is CC(OC(=O)C1CCN(c2ccccc2[N+](=O)[O-])CC1)C(=O)NC1CCCC1. The number of hydrogen-bond donors (Lipinski definition) is 1. The molecule has 1 saturated carbocycles. The van der Waals surface area contributed by atoms with E-state index in [1.807, 2.05) is 4.90 Å². The van der Waals surface area contributed by atoms with E-state index < -0.39 is 6.10 Å². The molecule has 1 aromatic carbocycles. The second-order valence-electron chi connectivity index (χ2n) is 7.58. The first-order valence-electron chi connectivity index (χ1n) is 9.95. The van der Waals surface area contributed by atoms with Crippen LogP contribution in [0.1, 0.15) is 45.4 Å². The largest absolute Gasteiger partial charge is 0.452 e. The number of nitro groups is 1. The molecule has 0 spiro atoms. The molecule has 1 aliphatic carbocycles. The molecule has 1 heterocycles. The van der Waals surface area contributed by atoms with E-state index in [1.165, 1.54) is 6.07 Å². The lowest BCUT2D eigenvalue weighted by atomic mass is 9.96. The van der Waals surface area contributed by atoms with Gasteiger partial charge in [0, 0.05) is 25.2 Å². The molecule has 1 amide bonds. The normalized spacial score (nSPS) is 19.2. The van der Waals surface area contributed by atoms with Crippen LogP contribution in [0.25, 0.3) is 0 Å². The Bertz CT molecular complexity index is 724. The van der Waals surface area contributed by atoms with Crippen molar-refractivity contribution in [1.29, 1.82) is 0 Å². The minimum atomic E-state index is -0.804. The Balaban J connectivity index is 1.49. The summed E-state index contributed by atoms with van der Waals surface area (Å²) in [5.74, 6) is -0.894. The van der Waals surface area contributed by atoms with E-state index in [0.717, 1.165) is 25.7 Å². The van der Waals surface area contributed by atoms with Crippen molar-refractivity contribution in [3.8, 4) is 0 Å². The maximum absolute atomic E-state index is 12.4. The van der Waals surface area contributed by atoms with Crippen LogP contribution in [0.4, 0.5) is 11.4 Å². The van der Waals surface area contributed by atoms with Crippen LogP contribution in [-0.4, -0.2) is 42.0 Å². The summed E-state index contributed by atoms with van der Waals surface area (Å²) in [7, 11) is 0. The number of benzene rings is 1. The zero-order valence-corrected chi connectivity index (χ0v) is 16.1. The fraction of sp³-hybridized carbons (Fsp3) is 0.600.